The normalized spacial score (nSPS) is 18.0. The standard InChI is InChI=1S/C8H18O3/c1-8(2,3)6(9)5-7(10)11-4/h6-7,9-10H,5H2,1-4H3. The van der Waals surface area contributed by atoms with Gasteiger partial charge in [-0.3, -0.25) is 0 Å². The molecule has 0 saturated carbocycles. The first-order chi connectivity index (χ1) is 4.88. The zero-order chi connectivity index (χ0) is 9.07. The van der Waals surface area contributed by atoms with Crippen molar-refractivity contribution in [2.45, 2.75) is 39.6 Å². The van der Waals surface area contributed by atoms with Gasteiger partial charge in [-0.2, -0.15) is 0 Å². The summed E-state index contributed by atoms with van der Waals surface area (Å²) in [6.45, 7) is 5.75. The first kappa shape index (κ1) is 10.9. The Labute approximate surface area is 68.0 Å². The van der Waals surface area contributed by atoms with Gasteiger partial charge in [0.15, 0.2) is 6.29 Å². The molecule has 0 aliphatic carbocycles. The highest BCUT2D eigenvalue weighted by Gasteiger charge is 2.24. The molecule has 3 nitrogen and oxygen atoms in total. The van der Waals surface area contributed by atoms with Gasteiger partial charge in [0.05, 0.1) is 6.10 Å². The molecule has 0 bridgehead atoms. The number of methoxy groups -OCH3 is 1. The van der Waals surface area contributed by atoms with Crippen molar-refractivity contribution in [1.29, 1.82) is 0 Å². The average molecular weight is 162 g/mol. The molecule has 3 heteroatoms. The van der Waals surface area contributed by atoms with Crippen LogP contribution in [0.25, 0.3) is 0 Å². The highest BCUT2D eigenvalue weighted by molar-refractivity contribution is 4.72. The fraction of sp³-hybridized carbons (Fsp3) is 1.00. The van der Waals surface area contributed by atoms with Crippen molar-refractivity contribution >= 4 is 0 Å². The molecule has 0 heterocycles. The number of ether oxygens (including phenoxy) is 1. The van der Waals surface area contributed by atoms with Crippen LogP contribution in [0.4, 0.5) is 0 Å². The molecule has 0 aliphatic rings. The predicted molar refractivity (Wildman–Crippen MR) is 43.1 cm³/mol. The van der Waals surface area contributed by atoms with Crippen molar-refractivity contribution in [2.75, 3.05) is 7.11 Å². The number of hydrogen-bond donors (Lipinski definition) is 2. The van der Waals surface area contributed by atoms with Crippen LogP contribution >= 0.6 is 0 Å². The van der Waals surface area contributed by atoms with Crippen molar-refractivity contribution in [3.05, 3.63) is 0 Å². The van der Waals surface area contributed by atoms with E-state index in [9.17, 15) is 5.11 Å². The third-order valence-corrected chi connectivity index (χ3v) is 1.70. The zero-order valence-electron chi connectivity index (χ0n) is 7.66. The molecule has 0 aromatic heterocycles. The van der Waals surface area contributed by atoms with Gasteiger partial charge in [0.1, 0.15) is 0 Å². The van der Waals surface area contributed by atoms with E-state index in [0.717, 1.165) is 0 Å². The van der Waals surface area contributed by atoms with Crippen LogP contribution in [0, 0.1) is 5.41 Å². The molecule has 0 aromatic rings. The molecular weight excluding hydrogens is 144 g/mol. The van der Waals surface area contributed by atoms with E-state index in [1.807, 2.05) is 20.8 Å². The first-order valence-electron chi connectivity index (χ1n) is 3.77. The van der Waals surface area contributed by atoms with E-state index in [2.05, 4.69) is 4.74 Å². The summed E-state index contributed by atoms with van der Waals surface area (Å²) in [5.41, 5.74) is -0.195. The number of hydrogen-bond acceptors (Lipinski definition) is 3. The van der Waals surface area contributed by atoms with E-state index in [0.29, 0.717) is 0 Å². The minimum Gasteiger partial charge on any atom is -0.392 e. The summed E-state index contributed by atoms with van der Waals surface area (Å²) in [4.78, 5) is 0. The van der Waals surface area contributed by atoms with Crippen LogP contribution in [0.15, 0.2) is 0 Å². The van der Waals surface area contributed by atoms with Crippen molar-refractivity contribution in [3.8, 4) is 0 Å². The lowest BCUT2D eigenvalue weighted by Crippen LogP contribution is -2.30. The van der Waals surface area contributed by atoms with Gasteiger partial charge in [-0.15, -0.1) is 0 Å². The second-order valence-electron chi connectivity index (χ2n) is 3.81. The molecular formula is C8H18O3. The van der Waals surface area contributed by atoms with Crippen LogP contribution in [0.2, 0.25) is 0 Å². The van der Waals surface area contributed by atoms with Crippen LogP contribution in [0.1, 0.15) is 27.2 Å². The fourth-order valence-electron chi connectivity index (χ4n) is 0.641. The Kier molecular flexibility index (Phi) is 4.00. The lowest BCUT2D eigenvalue weighted by Gasteiger charge is -2.27. The summed E-state index contributed by atoms with van der Waals surface area (Å²) in [6, 6.07) is 0. The van der Waals surface area contributed by atoms with E-state index in [-0.39, 0.29) is 11.8 Å². The third kappa shape index (κ3) is 4.35. The van der Waals surface area contributed by atoms with Gasteiger partial charge in [0, 0.05) is 13.5 Å². The smallest absolute Gasteiger partial charge is 0.156 e. The monoisotopic (exact) mass is 162 g/mol. The minimum atomic E-state index is -0.857. The molecule has 0 fully saturated rings. The topological polar surface area (TPSA) is 49.7 Å². The molecule has 2 N–H and O–H groups in total. The molecule has 0 saturated heterocycles. The SMILES string of the molecule is COC(O)CC(O)C(C)(C)C. The highest BCUT2D eigenvalue weighted by atomic mass is 16.6. The maximum absolute atomic E-state index is 9.45. The summed E-state index contributed by atoms with van der Waals surface area (Å²) in [5.74, 6) is 0. The quantitative estimate of drug-likeness (QED) is 0.602. The summed E-state index contributed by atoms with van der Waals surface area (Å²) < 4.78 is 4.61. The van der Waals surface area contributed by atoms with E-state index >= 15 is 0 Å². The van der Waals surface area contributed by atoms with E-state index in [1.54, 1.807) is 0 Å². The van der Waals surface area contributed by atoms with Crippen LogP contribution < -0.4 is 0 Å². The average Bonchev–Trinajstić information content (AvgIpc) is 1.85. The molecule has 2 unspecified atom stereocenters. The molecule has 0 radical (unpaired) electrons. The molecule has 0 aromatic carbocycles. The first-order valence-corrected chi connectivity index (χ1v) is 3.77. The van der Waals surface area contributed by atoms with Crippen molar-refractivity contribution in [3.63, 3.8) is 0 Å². The van der Waals surface area contributed by atoms with Crippen molar-refractivity contribution in [2.24, 2.45) is 5.41 Å². The van der Waals surface area contributed by atoms with E-state index in [1.165, 1.54) is 7.11 Å². The maximum Gasteiger partial charge on any atom is 0.156 e. The van der Waals surface area contributed by atoms with Gasteiger partial charge in [0.25, 0.3) is 0 Å². The largest absolute Gasteiger partial charge is 0.392 e. The molecule has 0 aliphatic heterocycles. The van der Waals surface area contributed by atoms with Gasteiger partial charge in [-0.25, -0.2) is 0 Å². The minimum absolute atomic E-state index is 0.195. The molecule has 68 valence electrons. The van der Waals surface area contributed by atoms with Gasteiger partial charge in [-0.1, -0.05) is 20.8 Å². The third-order valence-electron chi connectivity index (χ3n) is 1.70. The van der Waals surface area contributed by atoms with Crippen LogP contribution in [0.3, 0.4) is 0 Å². The van der Waals surface area contributed by atoms with Crippen LogP contribution in [-0.4, -0.2) is 29.7 Å². The Bertz CT molecular complexity index is 106. The second-order valence-corrected chi connectivity index (χ2v) is 3.81. The molecule has 0 rings (SSSR count). The van der Waals surface area contributed by atoms with Crippen LogP contribution in [0.5, 0.6) is 0 Å². The predicted octanol–water partition coefficient (Wildman–Crippen LogP) is 0.748. The van der Waals surface area contributed by atoms with Crippen molar-refractivity contribution < 1.29 is 14.9 Å². The number of aliphatic hydroxyl groups is 2. The summed E-state index contributed by atoms with van der Waals surface area (Å²) in [5, 5.41) is 18.5. The van der Waals surface area contributed by atoms with Crippen molar-refractivity contribution in [1.82, 2.24) is 0 Å². The second kappa shape index (κ2) is 4.04. The van der Waals surface area contributed by atoms with Gasteiger partial charge >= 0.3 is 0 Å². The number of rotatable bonds is 3. The molecule has 2 atom stereocenters. The van der Waals surface area contributed by atoms with E-state index < -0.39 is 12.4 Å². The summed E-state index contributed by atoms with van der Waals surface area (Å²) in [7, 11) is 1.42. The molecule has 0 amide bonds. The Morgan fingerprint density at radius 2 is 1.73 bits per heavy atom. The zero-order valence-corrected chi connectivity index (χ0v) is 7.66. The summed E-state index contributed by atoms with van der Waals surface area (Å²) >= 11 is 0. The Morgan fingerprint density at radius 3 is 2.00 bits per heavy atom. The lowest BCUT2D eigenvalue weighted by atomic mass is 9.87. The number of aliphatic hydroxyl groups excluding tert-OH is 2. The Morgan fingerprint density at radius 1 is 1.27 bits per heavy atom. The van der Waals surface area contributed by atoms with Gasteiger partial charge in [0.2, 0.25) is 0 Å². The highest BCUT2D eigenvalue weighted by Crippen LogP contribution is 2.22. The van der Waals surface area contributed by atoms with Gasteiger partial charge < -0.3 is 14.9 Å². The molecule has 11 heavy (non-hydrogen) atoms. The maximum atomic E-state index is 9.45. The fourth-order valence-corrected chi connectivity index (χ4v) is 0.641. The van der Waals surface area contributed by atoms with E-state index in [4.69, 9.17) is 5.11 Å². The molecule has 0 spiro atoms. The Balaban J connectivity index is 3.77. The summed E-state index contributed by atoms with van der Waals surface area (Å²) in [6.07, 6.45) is -1.12. The van der Waals surface area contributed by atoms with Gasteiger partial charge in [-0.05, 0) is 5.41 Å². The van der Waals surface area contributed by atoms with Crippen LogP contribution in [-0.2, 0) is 4.74 Å². The lowest BCUT2D eigenvalue weighted by molar-refractivity contribution is -0.112. The Hall–Kier alpha value is -0.120.